The van der Waals surface area contributed by atoms with E-state index in [-0.39, 0.29) is 30.3 Å². The summed E-state index contributed by atoms with van der Waals surface area (Å²) < 4.78 is 11.7. The number of nitrogens with one attached hydrogen (secondary N) is 1. The molecule has 21 heavy (non-hydrogen) atoms. The zero-order valence-corrected chi connectivity index (χ0v) is 12.0. The normalized spacial score (nSPS) is 37.8. The van der Waals surface area contributed by atoms with Gasteiger partial charge in [-0.05, 0) is 37.7 Å². The fourth-order valence-corrected chi connectivity index (χ4v) is 3.81. The number of benzene rings is 1. The van der Waals surface area contributed by atoms with Crippen LogP contribution in [-0.2, 0) is 14.3 Å². The molecule has 1 aromatic rings. The van der Waals surface area contributed by atoms with Gasteiger partial charge in [0.25, 0.3) is 0 Å². The molecule has 3 aliphatic heterocycles. The predicted molar refractivity (Wildman–Crippen MR) is 77.7 cm³/mol. The van der Waals surface area contributed by atoms with E-state index in [1.807, 2.05) is 18.2 Å². The van der Waals surface area contributed by atoms with E-state index < -0.39 is 0 Å². The van der Waals surface area contributed by atoms with Gasteiger partial charge in [0, 0.05) is 0 Å². The molecule has 1 aromatic carbocycles. The quantitative estimate of drug-likeness (QED) is 0.928. The second-order valence-corrected chi connectivity index (χ2v) is 6.33. The molecule has 0 unspecified atom stereocenters. The van der Waals surface area contributed by atoms with Gasteiger partial charge in [-0.2, -0.15) is 0 Å². The van der Waals surface area contributed by atoms with Crippen molar-refractivity contribution in [3.63, 3.8) is 0 Å². The SMILES string of the molecule is O=C(N[C@@H]1C[C@H]2CC[C@@H]1O2)[C@H]1CC[C@@H](c2ccccc2)O1. The molecule has 1 N–H and O–H groups in total. The second kappa shape index (κ2) is 5.43. The smallest absolute Gasteiger partial charge is 0.249 e. The maximum Gasteiger partial charge on any atom is 0.249 e. The molecule has 4 heteroatoms. The lowest BCUT2D eigenvalue weighted by Gasteiger charge is -2.22. The van der Waals surface area contributed by atoms with Crippen LogP contribution in [0.25, 0.3) is 0 Å². The lowest BCUT2D eigenvalue weighted by molar-refractivity contribution is -0.133. The zero-order chi connectivity index (χ0) is 14.2. The number of hydrogen-bond donors (Lipinski definition) is 1. The highest BCUT2D eigenvalue weighted by atomic mass is 16.5. The van der Waals surface area contributed by atoms with E-state index in [9.17, 15) is 4.79 Å². The van der Waals surface area contributed by atoms with Crippen molar-refractivity contribution in [2.24, 2.45) is 0 Å². The third-order valence-electron chi connectivity index (χ3n) is 4.92. The van der Waals surface area contributed by atoms with Crippen LogP contribution in [0.3, 0.4) is 0 Å². The highest BCUT2D eigenvalue weighted by molar-refractivity contribution is 5.81. The molecule has 3 heterocycles. The lowest BCUT2D eigenvalue weighted by atomic mass is 9.95. The lowest BCUT2D eigenvalue weighted by Crippen LogP contribution is -2.45. The molecule has 0 spiro atoms. The summed E-state index contributed by atoms with van der Waals surface area (Å²) >= 11 is 0. The van der Waals surface area contributed by atoms with Crippen molar-refractivity contribution in [3.8, 4) is 0 Å². The van der Waals surface area contributed by atoms with Gasteiger partial charge < -0.3 is 14.8 Å². The Labute approximate surface area is 124 Å². The minimum absolute atomic E-state index is 0.0366. The summed E-state index contributed by atoms with van der Waals surface area (Å²) in [6, 6.07) is 10.3. The molecule has 3 aliphatic rings. The molecular weight excluding hydrogens is 266 g/mol. The van der Waals surface area contributed by atoms with Crippen molar-refractivity contribution >= 4 is 5.91 Å². The summed E-state index contributed by atoms with van der Waals surface area (Å²) in [4.78, 5) is 12.4. The van der Waals surface area contributed by atoms with Gasteiger partial charge in [0.05, 0.1) is 24.4 Å². The average molecular weight is 287 g/mol. The molecule has 5 atom stereocenters. The van der Waals surface area contributed by atoms with Crippen molar-refractivity contribution in [1.82, 2.24) is 5.32 Å². The number of fused-ring (bicyclic) bond motifs is 2. The first-order valence-electron chi connectivity index (χ1n) is 7.96. The molecule has 2 bridgehead atoms. The summed E-state index contributed by atoms with van der Waals surface area (Å²) in [6.07, 6.45) is 5.23. The summed E-state index contributed by atoms with van der Waals surface area (Å²) in [5.41, 5.74) is 1.16. The topological polar surface area (TPSA) is 47.6 Å². The summed E-state index contributed by atoms with van der Waals surface area (Å²) in [7, 11) is 0. The van der Waals surface area contributed by atoms with Crippen LogP contribution in [0.4, 0.5) is 0 Å². The van der Waals surface area contributed by atoms with E-state index in [4.69, 9.17) is 9.47 Å². The summed E-state index contributed by atoms with van der Waals surface area (Å²) in [5, 5.41) is 3.14. The van der Waals surface area contributed by atoms with Crippen LogP contribution in [0.5, 0.6) is 0 Å². The summed E-state index contributed by atoms with van der Waals surface area (Å²) in [6.45, 7) is 0. The van der Waals surface area contributed by atoms with E-state index in [1.54, 1.807) is 0 Å². The molecule has 0 aliphatic carbocycles. The van der Waals surface area contributed by atoms with Crippen molar-refractivity contribution < 1.29 is 14.3 Å². The largest absolute Gasteiger partial charge is 0.373 e. The van der Waals surface area contributed by atoms with Gasteiger partial charge in [0.1, 0.15) is 6.10 Å². The Balaban J connectivity index is 1.34. The number of carbonyl (C=O) groups excluding carboxylic acids is 1. The van der Waals surface area contributed by atoms with Crippen LogP contribution >= 0.6 is 0 Å². The Bertz CT molecular complexity index is 518. The van der Waals surface area contributed by atoms with Crippen LogP contribution in [0, 0.1) is 0 Å². The molecule has 1 amide bonds. The van der Waals surface area contributed by atoms with Crippen LogP contribution in [0.15, 0.2) is 30.3 Å². The number of ether oxygens (including phenoxy) is 2. The van der Waals surface area contributed by atoms with Crippen molar-refractivity contribution in [2.75, 3.05) is 0 Å². The average Bonchev–Trinajstić information content (AvgIpc) is 3.24. The van der Waals surface area contributed by atoms with Gasteiger partial charge in [-0.25, -0.2) is 0 Å². The first-order valence-corrected chi connectivity index (χ1v) is 7.96. The highest BCUT2D eigenvalue weighted by Crippen LogP contribution is 2.36. The molecule has 4 rings (SSSR count). The Morgan fingerprint density at radius 3 is 2.62 bits per heavy atom. The Kier molecular flexibility index (Phi) is 3.43. The van der Waals surface area contributed by atoms with Crippen molar-refractivity contribution in [2.45, 2.75) is 62.6 Å². The van der Waals surface area contributed by atoms with Gasteiger partial charge >= 0.3 is 0 Å². The molecule has 4 nitrogen and oxygen atoms in total. The summed E-state index contributed by atoms with van der Waals surface area (Å²) in [5.74, 6) is 0.0366. The molecule has 0 aromatic heterocycles. The molecule has 3 fully saturated rings. The van der Waals surface area contributed by atoms with Gasteiger partial charge in [-0.1, -0.05) is 30.3 Å². The number of carbonyl (C=O) groups is 1. The molecule has 112 valence electrons. The van der Waals surface area contributed by atoms with Crippen molar-refractivity contribution in [3.05, 3.63) is 35.9 Å². The maximum absolute atomic E-state index is 12.4. The molecular formula is C17H21NO3. The van der Waals surface area contributed by atoms with E-state index in [1.165, 1.54) is 0 Å². The fraction of sp³-hybridized carbons (Fsp3) is 0.588. The Hall–Kier alpha value is -1.39. The fourth-order valence-electron chi connectivity index (χ4n) is 3.81. The Morgan fingerprint density at radius 1 is 1.05 bits per heavy atom. The first kappa shape index (κ1) is 13.3. The zero-order valence-electron chi connectivity index (χ0n) is 12.0. The Morgan fingerprint density at radius 2 is 1.90 bits per heavy atom. The minimum atomic E-state index is -0.311. The van der Waals surface area contributed by atoms with Gasteiger partial charge in [0.15, 0.2) is 0 Å². The number of hydrogen-bond acceptors (Lipinski definition) is 3. The standard InChI is InChI=1S/C17H21NO3/c19-17(18-13-10-12-6-7-15(13)20-12)16-9-8-14(21-16)11-4-2-1-3-5-11/h1-5,12-16H,6-10H2,(H,18,19)/t12-,13-,14+,15+,16-/m1/s1. The monoisotopic (exact) mass is 287 g/mol. The third-order valence-corrected chi connectivity index (χ3v) is 4.92. The highest BCUT2D eigenvalue weighted by Gasteiger charge is 2.42. The molecule has 3 saturated heterocycles. The van der Waals surface area contributed by atoms with Gasteiger partial charge in [0.2, 0.25) is 5.91 Å². The molecule has 0 saturated carbocycles. The van der Waals surface area contributed by atoms with Crippen LogP contribution in [0.2, 0.25) is 0 Å². The predicted octanol–water partition coefficient (Wildman–Crippen LogP) is 2.34. The van der Waals surface area contributed by atoms with Gasteiger partial charge in [-0.3, -0.25) is 4.79 Å². The van der Waals surface area contributed by atoms with Crippen molar-refractivity contribution in [1.29, 1.82) is 0 Å². The van der Waals surface area contributed by atoms with Gasteiger partial charge in [-0.15, -0.1) is 0 Å². The van der Waals surface area contributed by atoms with Crippen LogP contribution < -0.4 is 5.32 Å². The van der Waals surface area contributed by atoms with E-state index in [2.05, 4.69) is 17.4 Å². The van der Waals surface area contributed by atoms with Crippen LogP contribution in [-0.4, -0.2) is 30.3 Å². The van der Waals surface area contributed by atoms with Crippen LogP contribution in [0.1, 0.15) is 43.8 Å². The minimum Gasteiger partial charge on any atom is -0.373 e. The van der Waals surface area contributed by atoms with E-state index in [0.717, 1.165) is 37.7 Å². The van der Waals surface area contributed by atoms with E-state index in [0.29, 0.717) is 6.10 Å². The first-order chi connectivity index (χ1) is 10.3. The second-order valence-electron chi connectivity index (χ2n) is 6.33. The van der Waals surface area contributed by atoms with E-state index >= 15 is 0 Å². The maximum atomic E-state index is 12.4. The number of amides is 1. The number of rotatable bonds is 3. The third kappa shape index (κ3) is 2.58. The molecule has 0 radical (unpaired) electrons.